The lowest BCUT2D eigenvalue weighted by Crippen LogP contribution is -2.30. The number of aliphatic hydroxyl groups is 1. The van der Waals surface area contributed by atoms with Gasteiger partial charge < -0.3 is 5.11 Å². The van der Waals surface area contributed by atoms with Crippen molar-refractivity contribution in [3.8, 4) is 0 Å². The Labute approximate surface area is 99.5 Å². The predicted molar refractivity (Wildman–Crippen MR) is 69.8 cm³/mol. The van der Waals surface area contributed by atoms with Crippen molar-refractivity contribution in [3.63, 3.8) is 0 Å². The van der Waals surface area contributed by atoms with Crippen LogP contribution in [0.4, 0.5) is 0 Å². The van der Waals surface area contributed by atoms with Crippen molar-refractivity contribution in [2.24, 2.45) is 0 Å². The maximum atomic E-state index is 10.5. The minimum atomic E-state index is -0.521. The van der Waals surface area contributed by atoms with Gasteiger partial charge in [-0.3, -0.25) is 0 Å². The monoisotopic (exact) mass is 220 g/mol. The molecule has 0 aliphatic rings. The molecule has 1 unspecified atom stereocenters. The van der Waals surface area contributed by atoms with Crippen LogP contribution in [0.2, 0.25) is 0 Å². The summed E-state index contributed by atoms with van der Waals surface area (Å²) in [4.78, 5) is 0. The topological polar surface area (TPSA) is 20.2 Å². The third-order valence-electron chi connectivity index (χ3n) is 3.40. The summed E-state index contributed by atoms with van der Waals surface area (Å²) in [5, 5.41) is 10.5. The van der Waals surface area contributed by atoms with Crippen LogP contribution in [0.25, 0.3) is 0 Å². The van der Waals surface area contributed by atoms with Crippen LogP contribution in [0.15, 0.2) is 18.2 Å². The Morgan fingerprint density at radius 1 is 1.19 bits per heavy atom. The molecular formula is C15H24O. The van der Waals surface area contributed by atoms with Crippen LogP contribution in [-0.2, 0) is 6.42 Å². The van der Waals surface area contributed by atoms with Gasteiger partial charge >= 0.3 is 0 Å². The molecule has 0 radical (unpaired) electrons. The Bertz CT molecular complexity index is 343. The zero-order valence-corrected chi connectivity index (χ0v) is 11.0. The summed E-state index contributed by atoms with van der Waals surface area (Å²) in [6, 6.07) is 6.47. The van der Waals surface area contributed by atoms with E-state index in [0.717, 1.165) is 25.7 Å². The highest BCUT2D eigenvalue weighted by Crippen LogP contribution is 2.25. The van der Waals surface area contributed by atoms with E-state index in [4.69, 9.17) is 0 Å². The van der Waals surface area contributed by atoms with E-state index in [1.807, 2.05) is 0 Å². The Balaban J connectivity index is 2.89. The van der Waals surface area contributed by atoms with Crippen LogP contribution in [0.5, 0.6) is 0 Å². The van der Waals surface area contributed by atoms with E-state index in [-0.39, 0.29) is 0 Å². The van der Waals surface area contributed by atoms with Gasteiger partial charge in [0.1, 0.15) is 0 Å². The minimum Gasteiger partial charge on any atom is -0.390 e. The molecule has 0 aromatic heterocycles. The summed E-state index contributed by atoms with van der Waals surface area (Å²) in [6.07, 6.45) is 3.53. The van der Waals surface area contributed by atoms with Crippen molar-refractivity contribution in [1.29, 1.82) is 0 Å². The number of rotatable bonds is 5. The van der Waals surface area contributed by atoms with Gasteiger partial charge in [0.05, 0.1) is 5.60 Å². The Morgan fingerprint density at radius 2 is 1.88 bits per heavy atom. The Kier molecular flexibility index (Phi) is 4.55. The second-order valence-corrected chi connectivity index (χ2v) is 4.93. The summed E-state index contributed by atoms with van der Waals surface area (Å²) in [6.45, 7) is 8.43. The first kappa shape index (κ1) is 13.2. The van der Waals surface area contributed by atoms with Gasteiger partial charge in [-0.2, -0.15) is 0 Å². The van der Waals surface area contributed by atoms with Gasteiger partial charge in [0.2, 0.25) is 0 Å². The van der Waals surface area contributed by atoms with E-state index < -0.39 is 5.60 Å². The summed E-state index contributed by atoms with van der Waals surface area (Å²) in [5.74, 6) is 0. The summed E-state index contributed by atoms with van der Waals surface area (Å²) >= 11 is 0. The van der Waals surface area contributed by atoms with Gasteiger partial charge in [-0.15, -0.1) is 0 Å². The van der Waals surface area contributed by atoms with Crippen molar-refractivity contribution < 1.29 is 5.11 Å². The average molecular weight is 220 g/mol. The molecule has 0 spiro atoms. The van der Waals surface area contributed by atoms with Gasteiger partial charge in [-0.1, -0.05) is 44.0 Å². The fourth-order valence-corrected chi connectivity index (χ4v) is 2.20. The van der Waals surface area contributed by atoms with E-state index in [2.05, 4.69) is 45.9 Å². The SMILES string of the molecule is CCCC(O)(CC)Cc1cc(C)ccc1C. The molecule has 0 heterocycles. The lowest BCUT2D eigenvalue weighted by Gasteiger charge is -2.27. The Morgan fingerprint density at radius 3 is 2.44 bits per heavy atom. The molecule has 1 nitrogen and oxygen atoms in total. The van der Waals surface area contributed by atoms with E-state index >= 15 is 0 Å². The summed E-state index contributed by atoms with van der Waals surface area (Å²) < 4.78 is 0. The smallest absolute Gasteiger partial charge is 0.0685 e. The van der Waals surface area contributed by atoms with Crippen LogP contribution in [0.3, 0.4) is 0 Å². The standard InChI is InChI=1S/C15H24O/c1-5-9-15(16,6-2)11-14-10-12(3)7-8-13(14)4/h7-8,10,16H,5-6,9,11H2,1-4H3. The number of aryl methyl sites for hydroxylation is 2. The van der Waals surface area contributed by atoms with Gasteiger partial charge in [0.25, 0.3) is 0 Å². The third-order valence-corrected chi connectivity index (χ3v) is 3.40. The molecule has 0 fully saturated rings. The maximum Gasteiger partial charge on any atom is 0.0685 e. The molecule has 0 aliphatic heterocycles. The van der Waals surface area contributed by atoms with Gasteiger partial charge in [-0.25, -0.2) is 0 Å². The molecule has 1 atom stereocenters. The molecule has 16 heavy (non-hydrogen) atoms. The second kappa shape index (κ2) is 5.49. The lowest BCUT2D eigenvalue weighted by atomic mass is 9.86. The highest BCUT2D eigenvalue weighted by molar-refractivity contribution is 5.31. The zero-order valence-electron chi connectivity index (χ0n) is 11.0. The molecule has 1 aromatic rings. The highest BCUT2D eigenvalue weighted by atomic mass is 16.3. The maximum absolute atomic E-state index is 10.5. The summed E-state index contributed by atoms with van der Waals surface area (Å²) in [5.41, 5.74) is 3.33. The third kappa shape index (κ3) is 3.34. The van der Waals surface area contributed by atoms with E-state index in [0.29, 0.717) is 0 Å². The molecule has 0 aliphatic carbocycles. The zero-order chi connectivity index (χ0) is 12.2. The largest absolute Gasteiger partial charge is 0.390 e. The molecule has 90 valence electrons. The number of hydrogen-bond donors (Lipinski definition) is 1. The molecule has 1 heteroatoms. The molecule has 1 aromatic carbocycles. The van der Waals surface area contributed by atoms with Crippen molar-refractivity contribution in [2.45, 2.75) is 59.0 Å². The molecule has 0 saturated carbocycles. The van der Waals surface area contributed by atoms with Gasteiger partial charge in [0.15, 0.2) is 0 Å². The first-order valence-electron chi connectivity index (χ1n) is 6.29. The molecule has 1 N–H and O–H groups in total. The van der Waals surface area contributed by atoms with Crippen molar-refractivity contribution in [1.82, 2.24) is 0 Å². The van der Waals surface area contributed by atoms with Crippen LogP contribution in [0, 0.1) is 13.8 Å². The first-order chi connectivity index (χ1) is 7.50. The van der Waals surface area contributed by atoms with Gasteiger partial charge in [-0.05, 0) is 37.8 Å². The normalized spacial score (nSPS) is 14.8. The average Bonchev–Trinajstić information content (AvgIpc) is 2.24. The first-order valence-corrected chi connectivity index (χ1v) is 6.29. The van der Waals surface area contributed by atoms with Crippen LogP contribution < -0.4 is 0 Å². The quantitative estimate of drug-likeness (QED) is 0.800. The van der Waals surface area contributed by atoms with Crippen LogP contribution in [0.1, 0.15) is 49.8 Å². The molecule has 0 bridgehead atoms. The minimum absolute atomic E-state index is 0.521. The number of hydrogen-bond acceptors (Lipinski definition) is 1. The van der Waals surface area contributed by atoms with Gasteiger partial charge in [0, 0.05) is 6.42 Å². The predicted octanol–water partition coefficient (Wildman–Crippen LogP) is 3.79. The summed E-state index contributed by atoms with van der Waals surface area (Å²) in [7, 11) is 0. The molecular weight excluding hydrogens is 196 g/mol. The Hall–Kier alpha value is -0.820. The fraction of sp³-hybridized carbons (Fsp3) is 0.600. The lowest BCUT2D eigenvalue weighted by molar-refractivity contribution is 0.0269. The highest BCUT2D eigenvalue weighted by Gasteiger charge is 2.24. The van der Waals surface area contributed by atoms with E-state index in [1.165, 1.54) is 16.7 Å². The van der Waals surface area contributed by atoms with Crippen LogP contribution >= 0.6 is 0 Å². The van der Waals surface area contributed by atoms with E-state index in [9.17, 15) is 5.11 Å². The van der Waals surface area contributed by atoms with Crippen molar-refractivity contribution >= 4 is 0 Å². The fourth-order valence-electron chi connectivity index (χ4n) is 2.20. The van der Waals surface area contributed by atoms with E-state index in [1.54, 1.807) is 0 Å². The number of benzene rings is 1. The van der Waals surface area contributed by atoms with Crippen molar-refractivity contribution in [3.05, 3.63) is 34.9 Å². The van der Waals surface area contributed by atoms with Crippen molar-refractivity contribution in [2.75, 3.05) is 0 Å². The van der Waals surface area contributed by atoms with Crippen LogP contribution in [-0.4, -0.2) is 10.7 Å². The molecule has 1 rings (SSSR count). The second-order valence-electron chi connectivity index (χ2n) is 4.93. The molecule has 0 amide bonds. The molecule has 0 saturated heterocycles.